The lowest BCUT2D eigenvalue weighted by molar-refractivity contribution is -0.143. The van der Waals surface area contributed by atoms with Crippen LogP contribution in [0.1, 0.15) is 96.8 Å². The molecular weight excluding hydrogens is 370 g/mol. The Hall–Kier alpha value is -0.980. The lowest BCUT2D eigenvalue weighted by atomic mass is 10.1. The first-order chi connectivity index (χ1) is 14.0. The normalized spacial score (nSPS) is 13.4. The van der Waals surface area contributed by atoms with Gasteiger partial charge in [-0.25, -0.2) is 0 Å². The highest BCUT2D eigenvalue weighted by Crippen LogP contribution is 2.10. The van der Waals surface area contributed by atoms with Gasteiger partial charge in [0, 0.05) is 25.9 Å². The van der Waals surface area contributed by atoms with E-state index in [1.54, 1.807) is 0 Å². The van der Waals surface area contributed by atoms with Gasteiger partial charge in [-0.15, -0.1) is 0 Å². The number of rotatable bonds is 21. The summed E-state index contributed by atoms with van der Waals surface area (Å²) in [5.74, 6) is -0.109. The molecule has 0 aliphatic heterocycles. The minimum atomic E-state index is -0.412. The molecule has 0 spiro atoms. The number of hydrogen-bond donors (Lipinski definition) is 2. The Morgan fingerprint density at radius 3 is 2.07 bits per heavy atom. The van der Waals surface area contributed by atoms with Crippen molar-refractivity contribution in [1.82, 2.24) is 4.90 Å². The third kappa shape index (κ3) is 20.1. The van der Waals surface area contributed by atoms with Crippen LogP contribution in [-0.2, 0) is 14.3 Å². The second kappa shape index (κ2) is 20.3. The Morgan fingerprint density at radius 1 is 0.897 bits per heavy atom. The third-order valence-corrected chi connectivity index (χ3v) is 5.08. The average Bonchev–Trinajstić information content (AvgIpc) is 2.67. The Morgan fingerprint density at radius 2 is 1.48 bits per heavy atom. The van der Waals surface area contributed by atoms with Crippen LogP contribution < -0.4 is 0 Å². The zero-order valence-corrected chi connectivity index (χ0v) is 18.8. The molecule has 0 aliphatic carbocycles. The molecule has 0 aromatic heterocycles. The summed E-state index contributed by atoms with van der Waals surface area (Å²) in [5, 5.41) is 20.2. The summed E-state index contributed by atoms with van der Waals surface area (Å²) >= 11 is 0. The van der Waals surface area contributed by atoms with E-state index in [2.05, 4.69) is 6.92 Å². The smallest absolute Gasteiger partial charge is 0.305 e. The van der Waals surface area contributed by atoms with Gasteiger partial charge in [0.25, 0.3) is 0 Å². The summed E-state index contributed by atoms with van der Waals surface area (Å²) in [5.41, 5.74) is 0. The first-order valence-corrected chi connectivity index (χ1v) is 11.6. The maximum atomic E-state index is 11.6. The number of aliphatic hydroxyl groups excluding tert-OH is 2. The first kappa shape index (κ1) is 28.0. The second-order valence-electron chi connectivity index (χ2n) is 8.21. The fraction of sp³-hybridized carbons (Fsp3) is 0.913. The number of aldehydes is 1. The van der Waals surface area contributed by atoms with Gasteiger partial charge in [0.2, 0.25) is 0 Å². The quantitative estimate of drug-likeness (QED) is 0.168. The van der Waals surface area contributed by atoms with Crippen molar-refractivity contribution in [2.45, 2.75) is 109 Å². The lowest BCUT2D eigenvalue weighted by Crippen LogP contribution is -2.35. The molecule has 29 heavy (non-hydrogen) atoms. The van der Waals surface area contributed by atoms with Crippen molar-refractivity contribution in [3.63, 3.8) is 0 Å². The molecule has 6 nitrogen and oxygen atoms in total. The molecule has 0 radical (unpaired) electrons. The molecule has 0 rings (SSSR count). The molecule has 172 valence electrons. The van der Waals surface area contributed by atoms with Crippen LogP contribution in [0.2, 0.25) is 0 Å². The fourth-order valence-corrected chi connectivity index (χ4v) is 3.37. The lowest BCUT2D eigenvalue weighted by Gasteiger charge is -2.23. The molecule has 0 heterocycles. The van der Waals surface area contributed by atoms with E-state index in [0.29, 0.717) is 39.0 Å². The first-order valence-electron chi connectivity index (χ1n) is 11.6. The van der Waals surface area contributed by atoms with E-state index in [1.165, 1.54) is 12.8 Å². The maximum absolute atomic E-state index is 11.6. The minimum Gasteiger partial charge on any atom is -0.466 e. The number of nitrogens with zero attached hydrogens (tertiary/aromatic N) is 1. The van der Waals surface area contributed by atoms with Crippen molar-refractivity contribution in [2.24, 2.45) is 0 Å². The highest BCUT2D eigenvalue weighted by molar-refractivity contribution is 5.69. The highest BCUT2D eigenvalue weighted by atomic mass is 16.5. The summed E-state index contributed by atoms with van der Waals surface area (Å²) in [6, 6.07) is 0. The minimum absolute atomic E-state index is 0.109. The Labute approximate surface area is 178 Å². The predicted molar refractivity (Wildman–Crippen MR) is 117 cm³/mol. The summed E-state index contributed by atoms with van der Waals surface area (Å²) < 4.78 is 5.22. The fourth-order valence-electron chi connectivity index (χ4n) is 3.37. The van der Waals surface area contributed by atoms with E-state index in [0.717, 1.165) is 64.1 Å². The van der Waals surface area contributed by atoms with Crippen LogP contribution >= 0.6 is 0 Å². The third-order valence-electron chi connectivity index (χ3n) is 5.08. The topological polar surface area (TPSA) is 87.1 Å². The SMILES string of the molecule is CCCCCCOC(=O)CCCCCC(O)CN(C)CC(O)CCCCCC=O. The van der Waals surface area contributed by atoms with Gasteiger partial charge in [0.1, 0.15) is 6.29 Å². The standard InChI is InChI=1S/C23H45NO5/c1-3-4-5-13-18-29-23(28)16-11-8-10-15-22(27)20-24(2)19-21(26)14-9-6-7-12-17-25/h17,21-22,26-27H,3-16,18-20H2,1-2H3. The van der Waals surface area contributed by atoms with Crippen molar-refractivity contribution in [3.8, 4) is 0 Å². The average molecular weight is 416 g/mol. The van der Waals surface area contributed by atoms with Crippen molar-refractivity contribution < 1.29 is 24.5 Å². The van der Waals surface area contributed by atoms with E-state index in [4.69, 9.17) is 4.74 Å². The molecule has 0 bridgehead atoms. The van der Waals surface area contributed by atoms with Crippen LogP contribution in [-0.4, -0.2) is 66.3 Å². The Kier molecular flexibility index (Phi) is 19.6. The molecule has 0 saturated carbocycles. The van der Waals surface area contributed by atoms with Gasteiger partial charge < -0.3 is 24.6 Å². The summed E-state index contributed by atoms with van der Waals surface area (Å²) in [6.07, 6.45) is 12.5. The van der Waals surface area contributed by atoms with Gasteiger partial charge in [-0.1, -0.05) is 51.9 Å². The van der Waals surface area contributed by atoms with Gasteiger partial charge in [-0.05, 0) is 39.2 Å². The molecule has 0 saturated heterocycles. The van der Waals surface area contributed by atoms with Gasteiger partial charge in [-0.3, -0.25) is 4.79 Å². The second-order valence-corrected chi connectivity index (χ2v) is 8.21. The van der Waals surface area contributed by atoms with Crippen LogP contribution in [0, 0.1) is 0 Å². The zero-order chi connectivity index (χ0) is 21.7. The number of likely N-dealkylation sites (N-methyl/N-ethyl adjacent to an activating group) is 1. The molecule has 2 N–H and O–H groups in total. The van der Waals surface area contributed by atoms with Crippen molar-refractivity contribution in [1.29, 1.82) is 0 Å². The van der Waals surface area contributed by atoms with E-state index < -0.39 is 12.2 Å². The molecule has 0 aromatic rings. The van der Waals surface area contributed by atoms with Crippen LogP contribution in [0.25, 0.3) is 0 Å². The number of ether oxygens (including phenoxy) is 1. The van der Waals surface area contributed by atoms with Crippen molar-refractivity contribution >= 4 is 12.3 Å². The van der Waals surface area contributed by atoms with E-state index >= 15 is 0 Å². The Balaban J connectivity index is 3.58. The molecule has 0 aliphatic rings. The van der Waals surface area contributed by atoms with E-state index in [-0.39, 0.29) is 5.97 Å². The van der Waals surface area contributed by atoms with Crippen LogP contribution in [0.5, 0.6) is 0 Å². The molecule has 2 unspecified atom stereocenters. The summed E-state index contributed by atoms with van der Waals surface area (Å²) in [4.78, 5) is 23.9. The molecule has 0 amide bonds. The van der Waals surface area contributed by atoms with Gasteiger partial charge >= 0.3 is 5.97 Å². The number of esters is 1. The van der Waals surface area contributed by atoms with E-state index in [9.17, 15) is 19.8 Å². The summed E-state index contributed by atoms with van der Waals surface area (Å²) in [6.45, 7) is 3.79. The van der Waals surface area contributed by atoms with Gasteiger partial charge in [0.15, 0.2) is 0 Å². The molecular formula is C23H45NO5. The molecule has 6 heteroatoms. The number of carbonyl (C=O) groups excluding carboxylic acids is 2. The monoisotopic (exact) mass is 415 g/mol. The number of aliphatic hydroxyl groups is 2. The van der Waals surface area contributed by atoms with Crippen LogP contribution in [0.4, 0.5) is 0 Å². The largest absolute Gasteiger partial charge is 0.466 e. The Bertz CT molecular complexity index is 391. The van der Waals surface area contributed by atoms with Crippen LogP contribution in [0.3, 0.4) is 0 Å². The van der Waals surface area contributed by atoms with Gasteiger partial charge in [-0.2, -0.15) is 0 Å². The zero-order valence-electron chi connectivity index (χ0n) is 18.8. The number of unbranched alkanes of at least 4 members (excludes halogenated alkanes) is 8. The number of carbonyl (C=O) groups is 2. The maximum Gasteiger partial charge on any atom is 0.305 e. The molecule has 0 aromatic carbocycles. The predicted octanol–water partition coefficient (Wildman–Crippen LogP) is 3.86. The van der Waals surface area contributed by atoms with Crippen molar-refractivity contribution in [2.75, 3.05) is 26.7 Å². The van der Waals surface area contributed by atoms with E-state index in [1.807, 2.05) is 11.9 Å². The molecule has 2 atom stereocenters. The molecule has 0 fully saturated rings. The summed E-state index contributed by atoms with van der Waals surface area (Å²) in [7, 11) is 1.91. The van der Waals surface area contributed by atoms with Crippen LogP contribution in [0.15, 0.2) is 0 Å². The van der Waals surface area contributed by atoms with Crippen molar-refractivity contribution in [3.05, 3.63) is 0 Å². The van der Waals surface area contributed by atoms with Gasteiger partial charge in [0.05, 0.1) is 18.8 Å². The number of hydrogen-bond acceptors (Lipinski definition) is 6. The highest BCUT2D eigenvalue weighted by Gasteiger charge is 2.12.